The molecule has 1 aliphatic heterocycles. The van der Waals surface area contributed by atoms with E-state index in [4.69, 9.17) is 14.2 Å². The van der Waals surface area contributed by atoms with Gasteiger partial charge in [-0.2, -0.15) is 0 Å². The van der Waals surface area contributed by atoms with E-state index in [0.717, 1.165) is 11.1 Å². The molecule has 208 valence electrons. The molecule has 1 fully saturated rings. The number of hydrogen-bond donors (Lipinski definition) is 2. The highest BCUT2D eigenvalue weighted by molar-refractivity contribution is 5.78. The molecule has 0 aromatic heterocycles. The zero-order chi connectivity index (χ0) is 28.3. The lowest BCUT2D eigenvalue weighted by atomic mass is 9.95. The lowest BCUT2D eigenvalue weighted by Crippen LogP contribution is -2.60. The minimum absolute atomic E-state index is 0.0235. The molecule has 2 aromatic carbocycles. The summed E-state index contributed by atoms with van der Waals surface area (Å²) in [5.74, 6) is -0.629. The van der Waals surface area contributed by atoms with Crippen molar-refractivity contribution < 1.29 is 28.9 Å². The van der Waals surface area contributed by atoms with E-state index in [1.54, 1.807) is 55.4 Å². The van der Waals surface area contributed by atoms with Crippen molar-refractivity contribution in [3.8, 4) is 0 Å². The standard InChI is InChI=1S/C30H42N2O6/c1-28(2,3)37-26(34)24(31-23(20-15-11-9-12-16-20)21-17-13-10-14-18-21)25(33)22-19-36-30(7,8)32(22)27(35)38-29(4,5)6/h9-18,22-25,31,33H,19H2,1-8H3/t22-,24-,25+/m0/s1. The van der Waals surface area contributed by atoms with E-state index in [-0.39, 0.29) is 6.61 Å². The van der Waals surface area contributed by atoms with Crippen molar-refractivity contribution >= 4 is 12.1 Å². The third-order valence-corrected chi connectivity index (χ3v) is 6.12. The van der Waals surface area contributed by atoms with Crippen molar-refractivity contribution in [1.29, 1.82) is 0 Å². The van der Waals surface area contributed by atoms with Crippen molar-refractivity contribution in [2.24, 2.45) is 0 Å². The minimum atomic E-state index is -1.37. The average Bonchev–Trinajstić information content (AvgIpc) is 3.13. The van der Waals surface area contributed by atoms with Gasteiger partial charge in [0.2, 0.25) is 0 Å². The van der Waals surface area contributed by atoms with Gasteiger partial charge in [0.1, 0.15) is 29.1 Å². The number of hydrogen-bond acceptors (Lipinski definition) is 7. The summed E-state index contributed by atoms with van der Waals surface area (Å²) < 4.78 is 17.3. The summed E-state index contributed by atoms with van der Waals surface area (Å²) in [6, 6.07) is 16.9. The normalized spacial score (nSPS) is 19.2. The maximum Gasteiger partial charge on any atom is 0.412 e. The van der Waals surface area contributed by atoms with Crippen LogP contribution in [0.1, 0.15) is 72.6 Å². The molecule has 0 radical (unpaired) electrons. The Labute approximate surface area is 226 Å². The van der Waals surface area contributed by atoms with Crippen LogP contribution in [0.15, 0.2) is 60.7 Å². The van der Waals surface area contributed by atoms with Crippen LogP contribution in [0, 0.1) is 0 Å². The van der Waals surface area contributed by atoms with Crippen molar-refractivity contribution in [2.45, 2.75) is 96.5 Å². The smallest absolute Gasteiger partial charge is 0.412 e. The number of benzene rings is 2. The number of aliphatic hydroxyl groups is 1. The molecule has 1 heterocycles. The van der Waals surface area contributed by atoms with Crippen LogP contribution in [0.4, 0.5) is 4.79 Å². The monoisotopic (exact) mass is 526 g/mol. The van der Waals surface area contributed by atoms with E-state index in [1.807, 2.05) is 60.7 Å². The SMILES string of the molecule is CC(C)(C)OC(=O)[C@@H](NC(c1ccccc1)c1ccccc1)[C@H](O)[C@@H]1COC(C)(C)N1C(=O)OC(C)(C)C. The third-order valence-electron chi connectivity index (χ3n) is 6.12. The molecule has 2 N–H and O–H groups in total. The lowest BCUT2D eigenvalue weighted by molar-refractivity contribution is -0.162. The molecule has 1 amide bonds. The van der Waals surface area contributed by atoms with Gasteiger partial charge in [-0.05, 0) is 66.5 Å². The van der Waals surface area contributed by atoms with Crippen LogP contribution in [-0.2, 0) is 19.0 Å². The summed E-state index contributed by atoms with van der Waals surface area (Å²) >= 11 is 0. The van der Waals surface area contributed by atoms with Gasteiger partial charge in [0.25, 0.3) is 0 Å². The van der Waals surface area contributed by atoms with Gasteiger partial charge in [-0.1, -0.05) is 60.7 Å². The van der Waals surface area contributed by atoms with Gasteiger partial charge in [-0.15, -0.1) is 0 Å². The zero-order valence-electron chi connectivity index (χ0n) is 23.7. The van der Waals surface area contributed by atoms with E-state index >= 15 is 0 Å². The maximum absolute atomic E-state index is 13.6. The molecular weight excluding hydrogens is 484 g/mol. The Hall–Kier alpha value is -2.94. The van der Waals surface area contributed by atoms with E-state index in [2.05, 4.69) is 5.32 Å². The molecular formula is C30H42N2O6. The summed E-state index contributed by atoms with van der Waals surface area (Å²) in [5, 5.41) is 15.1. The highest BCUT2D eigenvalue weighted by Gasteiger charge is 2.51. The van der Waals surface area contributed by atoms with Crippen LogP contribution in [0.3, 0.4) is 0 Å². The van der Waals surface area contributed by atoms with Gasteiger partial charge in [0, 0.05) is 0 Å². The molecule has 0 aliphatic carbocycles. The summed E-state index contributed by atoms with van der Waals surface area (Å²) in [6.07, 6.45) is -2.00. The summed E-state index contributed by atoms with van der Waals surface area (Å²) in [7, 11) is 0. The molecule has 0 unspecified atom stereocenters. The fraction of sp³-hybridized carbons (Fsp3) is 0.533. The quantitative estimate of drug-likeness (QED) is 0.500. The first-order chi connectivity index (χ1) is 17.6. The Bertz CT molecular complexity index is 1040. The van der Waals surface area contributed by atoms with Gasteiger partial charge >= 0.3 is 12.1 Å². The molecule has 0 spiro atoms. The fourth-order valence-corrected chi connectivity index (χ4v) is 4.50. The molecule has 2 aromatic rings. The lowest BCUT2D eigenvalue weighted by Gasteiger charge is -2.39. The van der Waals surface area contributed by atoms with Crippen LogP contribution in [0.5, 0.6) is 0 Å². The van der Waals surface area contributed by atoms with Gasteiger partial charge in [0.15, 0.2) is 0 Å². The van der Waals surface area contributed by atoms with Gasteiger partial charge in [0.05, 0.1) is 18.7 Å². The largest absolute Gasteiger partial charge is 0.459 e. The van der Waals surface area contributed by atoms with Crippen LogP contribution < -0.4 is 5.32 Å². The number of carbonyl (C=O) groups is 2. The molecule has 1 saturated heterocycles. The Balaban J connectivity index is 2.02. The molecule has 3 atom stereocenters. The summed E-state index contributed by atoms with van der Waals surface area (Å²) in [6.45, 7) is 14.1. The predicted octanol–water partition coefficient (Wildman–Crippen LogP) is 4.81. The molecule has 0 bridgehead atoms. The van der Waals surface area contributed by atoms with Crippen molar-refractivity contribution in [3.63, 3.8) is 0 Å². The number of ether oxygens (including phenoxy) is 3. The third kappa shape index (κ3) is 7.56. The number of carbonyl (C=O) groups excluding carboxylic acids is 2. The van der Waals surface area contributed by atoms with E-state index < -0.39 is 53.2 Å². The van der Waals surface area contributed by atoms with Crippen LogP contribution in [-0.4, -0.2) is 63.8 Å². The molecule has 8 heteroatoms. The van der Waals surface area contributed by atoms with E-state index in [1.165, 1.54) is 4.90 Å². The fourth-order valence-electron chi connectivity index (χ4n) is 4.50. The Morgan fingerprint density at radius 3 is 1.84 bits per heavy atom. The maximum atomic E-state index is 13.6. The van der Waals surface area contributed by atoms with Gasteiger partial charge in [-0.25, -0.2) is 4.79 Å². The van der Waals surface area contributed by atoms with E-state index in [9.17, 15) is 14.7 Å². The number of esters is 1. The van der Waals surface area contributed by atoms with Crippen LogP contribution in [0.25, 0.3) is 0 Å². The first-order valence-electron chi connectivity index (χ1n) is 13.0. The average molecular weight is 527 g/mol. The number of nitrogens with zero attached hydrogens (tertiary/aromatic N) is 1. The first kappa shape index (κ1) is 29.6. The summed E-state index contributed by atoms with van der Waals surface area (Å²) in [5.41, 5.74) is -0.773. The molecule has 0 saturated carbocycles. The highest BCUT2D eigenvalue weighted by atomic mass is 16.6. The predicted molar refractivity (Wildman–Crippen MR) is 145 cm³/mol. The van der Waals surface area contributed by atoms with Crippen LogP contribution >= 0.6 is 0 Å². The van der Waals surface area contributed by atoms with Crippen molar-refractivity contribution in [1.82, 2.24) is 10.2 Å². The number of rotatable bonds is 7. The Morgan fingerprint density at radius 1 is 0.921 bits per heavy atom. The van der Waals surface area contributed by atoms with E-state index in [0.29, 0.717) is 0 Å². The Morgan fingerprint density at radius 2 is 1.39 bits per heavy atom. The van der Waals surface area contributed by atoms with Crippen molar-refractivity contribution in [3.05, 3.63) is 71.8 Å². The summed E-state index contributed by atoms with van der Waals surface area (Å²) in [4.78, 5) is 28.2. The highest BCUT2D eigenvalue weighted by Crippen LogP contribution is 2.33. The molecule has 1 aliphatic rings. The van der Waals surface area contributed by atoms with Crippen molar-refractivity contribution in [2.75, 3.05) is 6.61 Å². The second-order valence-corrected chi connectivity index (χ2v) is 12.1. The molecule has 8 nitrogen and oxygen atoms in total. The second-order valence-electron chi connectivity index (χ2n) is 12.1. The minimum Gasteiger partial charge on any atom is -0.459 e. The Kier molecular flexibility index (Phi) is 8.91. The topological polar surface area (TPSA) is 97.3 Å². The van der Waals surface area contributed by atoms with Gasteiger partial charge < -0.3 is 19.3 Å². The molecule has 38 heavy (non-hydrogen) atoms. The first-order valence-corrected chi connectivity index (χ1v) is 13.0. The number of nitrogens with one attached hydrogen (secondary N) is 1. The van der Waals surface area contributed by atoms with Gasteiger partial charge in [-0.3, -0.25) is 15.0 Å². The van der Waals surface area contributed by atoms with Crippen LogP contribution in [0.2, 0.25) is 0 Å². The second kappa shape index (κ2) is 11.4. The number of amides is 1. The molecule has 3 rings (SSSR count). The number of aliphatic hydroxyl groups excluding tert-OH is 1. The zero-order valence-corrected chi connectivity index (χ0v) is 23.7.